The van der Waals surface area contributed by atoms with Gasteiger partial charge in [-0.15, -0.1) is 0 Å². The molecule has 1 aliphatic heterocycles. The molecule has 1 unspecified atom stereocenters. The molecule has 3 heteroatoms. The molecule has 0 aliphatic carbocycles. The molecule has 0 aromatic rings. The fourth-order valence-corrected chi connectivity index (χ4v) is 1.91. The Morgan fingerprint density at radius 3 is 2.92 bits per heavy atom. The largest absolute Gasteiger partial charge is 0.395 e. The molecule has 1 fully saturated rings. The van der Waals surface area contributed by atoms with Crippen LogP contribution in [-0.2, 0) is 0 Å². The van der Waals surface area contributed by atoms with Crippen molar-refractivity contribution in [2.75, 3.05) is 25.4 Å². The molecule has 1 rings (SSSR count). The van der Waals surface area contributed by atoms with Crippen molar-refractivity contribution in [1.29, 1.82) is 0 Å². The minimum atomic E-state index is 0.278. The first-order valence-electron chi connectivity index (χ1n) is 4.90. The van der Waals surface area contributed by atoms with E-state index >= 15 is 0 Å². The minimum Gasteiger partial charge on any atom is -0.395 e. The number of nitrogens with zero attached hydrogens (tertiary/aromatic N) is 1. The summed E-state index contributed by atoms with van der Waals surface area (Å²) in [5.74, 6) is 0.745. The highest BCUT2D eigenvalue weighted by Gasteiger charge is 2.21. The van der Waals surface area contributed by atoms with E-state index in [1.54, 1.807) is 0 Å². The number of thiol groups is 1. The van der Waals surface area contributed by atoms with Crippen LogP contribution < -0.4 is 0 Å². The first-order valence-corrected chi connectivity index (χ1v) is 5.53. The van der Waals surface area contributed by atoms with Gasteiger partial charge >= 0.3 is 0 Å². The second-order valence-corrected chi connectivity index (χ2v) is 4.03. The van der Waals surface area contributed by atoms with E-state index in [0.717, 1.165) is 30.8 Å². The molecule has 0 spiro atoms. The lowest BCUT2D eigenvalue weighted by molar-refractivity contribution is 0.0988. The highest BCUT2D eigenvalue weighted by atomic mass is 32.1. The standard InChI is InChI=1S/C10H19NOS/c1-9(8-13)6-11-5-3-2-4-10(11)7-12/h10,12-13H,1-8H2. The van der Waals surface area contributed by atoms with Crippen LogP contribution in [0.15, 0.2) is 12.2 Å². The Kier molecular flexibility index (Phi) is 4.84. The second kappa shape index (κ2) is 5.68. The maximum Gasteiger partial charge on any atom is 0.0586 e. The molecule has 1 N–H and O–H groups in total. The smallest absolute Gasteiger partial charge is 0.0586 e. The molecule has 0 aromatic carbocycles. The van der Waals surface area contributed by atoms with Crippen LogP contribution in [0, 0.1) is 0 Å². The van der Waals surface area contributed by atoms with E-state index in [1.165, 1.54) is 12.8 Å². The van der Waals surface area contributed by atoms with E-state index in [9.17, 15) is 0 Å². The molecule has 13 heavy (non-hydrogen) atoms. The number of aliphatic hydroxyl groups is 1. The summed E-state index contributed by atoms with van der Waals surface area (Å²) in [6.07, 6.45) is 3.61. The molecule has 0 saturated carbocycles. The zero-order chi connectivity index (χ0) is 9.68. The number of rotatable bonds is 4. The number of piperidine rings is 1. The predicted octanol–water partition coefficient (Wildman–Crippen LogP) is 1.32. The van der Waals surface area contributed by atoms with Gasteiger partial charge in [-0.25, -0.2) is 0 Å². The lowest BCUT2D eigenvalue weighted by Crippen LogP contribution is -2.42. The first-order chi connectivity index (χ1) is 6.27. The Morgan fingerprint density at radius 2 is 2.31 bits per heavy atom. The summed E-state index contributed by atoms with van der Waals surface area (Å²) >= 11 is 4.19. The maximum absolute atomic E-state index is 9.16. The molecule has 1 atom stereocenters. The van der Waals surface area contributed by atoms with Gasteiger partial charge in [0.15, 0.2) is 0 Å². The van der Waals surface area contributed by atoms with Crippen LogP contribution in [0.1, 0.15) is 19.3 Å². The quantitative estimate of drug-likeness (QED) is 0.529. The third kappa shape index (κ3) is 3.33. The van der Waals surface area contributed by atoms with E-state index in [1.807, 2.05) is 0 Å². The van der Waals surface area contributed by atoms with Gasteiger partial charge in [0, 0.05) is 18.3 Å². The first kappa shape index (κ1) is 11.1. The van der Waals surface area contributed by atoms with E-state index in [0.29, 0.717) is 6.04 Å². The van der Waals surface area contributed by atoms with Gasteiger partial charge in [-0.3, -0.25) is 4.90 Å². The molecule has 1 aliphatic rings. The maximum atomic E-state index is 9.16. The van der Waals surface area contributed by atoms with E-state index in [4.69, 9.17) is 5.11 Å². The lowest BCUT2D eigenvalue weighted by Gasteiger charge is -2.34. The van der Waals surface area contributed by atoms with Crippen molar-refractivity contribution in [3.63, 3.8) is 0 Å². The van der Waals surface area contributed by atoms with Crippen molar-refractivity contribution in [2.24, 2.45) is 0 Å². The van der Waals surface area contributed by atoms with Crippen molar-refractivity contribution in [3.8, 4) is 0 Å². The van der Waals surface area contributed by atoms with Crippen LogP contribution in [0.4, 0.5) is 0 Å². The fraction of sp³-hybridized carbons (Fsp3) is 0.800. The van der Waals surface area contributed by atoms with Gasteiger partial charge in [0.1, 0.15) is 0 Å². The molecular formula is C10H19NOS. The van der Waals surface area contributed by atoms with Gasteiger partial charge in [0.2, 0.25) is 0 Å². The number of aliphatic hydroxyl groups excluding tert-OH is 1. The van der Waals surface area contributed by atoms with Gasteiger partial charge in [-0.1, -0.05) is 18.6 Å². The fourth-order valence-electron chi connectivity index (χ4n) is 1.81. The number of hydrogen-bond donors (Lipinski definition) is 2. The highest BCUT2D eigenvalue weighted by molar-refractivity contribution is 7.80. The van der Waals surface area contributed by atoms with E-state index < -0.39 is 0 Å². The SMILES string of the molecule is C=C(CS)CN1CCCCC1CO. The number of likely N-dealkylation sites (tertiary alicyclic amines) is 1. The topological polar surface area (TPSA) is 23.5 Å². The van der Waals surface area contributed by atoms with Crippen molar-refractivity contribution in [1.82, 2.24) is 4.90 Å². The Bertz CT molecular complexity index is 172. The molecule has 0 bridgehead atoms. The van der Waals surface area contributed by atoms with Crippen molar-refractivity contribution < 1.29 is 5.11 Å². The third-order valence-electron chi connectivity index (χ3n) is 2.61. The van der Waals surface area contributed by atoms with Crippen LogP contribution in [-0.4, -0.2) is 41.5 Å². The van der Waals surface area contributed by atoms with Gasteiger partial charge in [0.05, 0.1) is 6.61 Å². The molecule has 0 aromatic heterocycles. The van der Waals surface area contributed by atoms with Gasteiger partial charge in [0.25, 0.3) is 0 Å². The Hall–Kier alpha value is 0.01000. The summed E-state index contributed by atoms with van der Waals surface area (Å²) in [7, 11) is 0. The molecule has 1 saturated heterocycles. The van der Waals surface area contributed by atoms with Crippen LogP contribution in [0.3, 0.4) is 0 Å². The summed E-state index contributed by atoms with van der Waals surface area (Å²) in [5, 5.41) is 9.16. The summed E-state index contributed by atoms with van der Waals surface area (Å²) in [6, 6.07) is 0.352. The normalized spacial score (nSPS) is 24.6. The van der Waals surface area contributed by atoms with Crippen molar-refractivity contribution >= 4 is 12.6 Å². The highest BCUT2D eigenvalue weighted by Crippen LogP contribution is 2.17. The summed E-state index contributed by atoms with van der Waals surface area (Å²) in [6.45, 7) is 6.21. The third-order valence-corrected chi connectivity index (χ3v) is 3.06. The molecule has 2 nitrogen and oxygen atoms in total. The van der Waals surface area contributed by atoms with E-state index in [2.05, 4.69) is 24.1 Å². The van der Waals surface area contributed by atoms with Crippen LogP contribution in [0.2, 0.25) is 0 Å². The second-order valence-electron chi connectivity index (χ2n) is 3.71. The lowest BCUT2D eigenvalue weighted by atomic mass is 10.0. The van der Waals surface area contributed by atoms with Crippen LogP contribution >= 0.6 is 12.6 Å². The monoisotopic (exact) mass is 201 g/mol. The predicted molar refractivity (Wildman–Crippen MR) is 59.3 cm³/mol. The van der Waals surface area contributed by atoms with Gasteiger partial charge in [-0.05, 0) is 19.4 Å². The summed E-state index contributed by atoms with van der Waals surface area (Å²) in [5.41, 5.74) is 1.14. The van der Waals surface area contributed by atoms with Crippen LogP contribution in [0.25, 0.3) is 0 Å². The van der Waals surface area contributed by atoms with Gasteiger partial charge < -0.3 is 5.11 Å². The molecular weight excluding hydrogens is 182 g/mol. The van der Waals surface area contributed by atoms with Crippen molar-refractivity contribution in [3.05, 3.63) is 12.2 Å². The Balaban J connectivity index is 2.40. The van der Waals surface area contributed by atoms with Gasteiger partial charge in [-0.2, -0.15) is 12.6 Å². The summed E-state index contributed by atoms with van der Waals surface area (Å²) < 4.78 is 0. The van der Waals surface area contributed by atoms with Crippen LogP contribution in [0.5, 0.6) is 0 Å². The molecule has 1 heterocycles. The average molecular weight is 201 g/mol. The summed E-state index contributed by atoms with van der Waals surface area (Å²) in [4.78, 5) is 2.32. The Labute approximate surface area is 86.0 Å². The van der Waals surface area contributed by atoms with E-state index in [-0.39, 0.29) is 6.61 Å². The molecule has 0 radical (unpaired) electrons. The zero-order valence-corrected chi connectivity index (χ0v) is 8.97. The van der Waals surface area contributed by atoms with Crippen molar-refractivity contribution in [2.45, 2.75) is 25.3 Å². The average Bonchev–Trinajstić information content (AvgIpc) is 2.18. The Morgan fingerprint density at radius 1 is 1.54 bits per heavy atom. The minimum absolute atomic E-state index is 0.278. The molecule has 0 amide bonds. The zero-order valence-electron chi connectivity index (χ0n) is 8.08. The number of hydrogen-bond acceptors (Lipinski definition) is 3. The molecule has 76 valence electrons.